The number of piperazine rings is 1. The third-order valence-corrected chi connectivity index (χ3v) is 5.90. The zero-order valence-corrected chi connectivity index (χ0v) is 17.3. The Morgan fingerprint density at radius 2 is 1.77 bits per heavy atom. The third kappa shape index (κ3) is 6.78. The number of carbonyl (C=O) groups excluding carboxylic acids is 1. The Bertz CT molecular complexity index is 449. The maximum atomic E-state index is 11.4. The Kier molecular flexibility index (Phi) is 8.69. The minimum absolute atomic E-state index is 0.188. The predicted octanol–water partition coefficient (Wildman–Crippen LogP) is 1.92. The van der Waals surface area contributed by atoms with Gasteiger partial charge in [0.15, 0.2) is 5.96 Å². The second-order valence-corrected chi connectivity index (χ2v) is 8.11. The van der Waals surface area contributed by atoms with Gasteiger partial charge in [0.25, 0.3) is 0 Å². The molecule has 150 valence electrons. The number of aliphatic imine (C=N–C) groups is 1. The monoisotopic (exact) mass is 365 g/mol. The second-order valence-electron chi connectivity index (χ2n) is 8.11. The lowest BCUT2D eigenvalue weighted by Gasteiger charge is -2.34. The summed E-state index contributed by atoms with van der Waals surface area (Å²) >= 11 is 0. The van der Waals surface area contributed by atoms with Gasteiger partial charge in [-0.15, -0.1) is 0 Å². The molecule has 6 heteroatoms. The van der Waals surface area contributed by atoms with Gasteiger partial charge in [0.05, 0.1) is 6.54 Å². The largest absolute Gasteiger partial charge is 0.357 e. The van der Waals surface area contributed by atoms with E-state index in [1.807, 2.05) is 4.90 Å². The van der Waals surface area contributed by atoms with Crippen LogP contribution in [0, 0.1) is 11.8 Å². The molecule has 0 unspecified atom stereocenters. The second kappa shape index (κ2) is 10.8. The fourth-order valence-corrected chi connectivity index (χ4v) is 4.03. The summed E-state index contributed by atoms with van der Waals surface area (Å²) in [5.74, 6) is 2.85. The van der Waals surface area contributed by atoms with Crippen molar-refractivity contribution < 1.29 is 4.79 Å². The molecule has 1 aliphatic carbocycles. The molecule has 1 amide bonds. The quantitative estimate of drug-likeness (QED) is 0.558. The van der Waals surface area contributed by atoms with Crippen molar-refractivity contribution in [2.24, 2.45) is 16.8 Å². The van der Waals surface area contributed by atoms with Crippen LogP contribution in [0.4, 0.5) is 0 Å². The van der Waals surface area contributed by atoms with Crippen LogP contribution in [0.15, 0.2) is 4.99 Å². The lowest BCUT2D eigenvalue weighted by Crippen LogP contribution is -2.49. The molecule has 6 nitrogen and oxygen atoms in total. The van der Waals surface area contributed by atoms with Crippen LogP contribution in [-0.2, 0) is 4.79 Å². The molecule has 0 aromatic rings. The maximum absolute atomic E-state index is 11.4. The van der Waals surface area contributed by atoms with Gasteiger partial charge in [-0.05, 0) is 44.4 Å². The number of amides is 1. The zero-order valence-electron chi connectivity index (χ0n) is 17.3. The van der Waals surface area contributed by atoms with Crippen LogP contribution in [0.5, 0.6) is 0 Å². The van der Waals surface area contributed by atoms with Crippen LogP contribution >= 0.6 is 0 Å². The number of guanidine groups is 1. The van der Waals surface area contributed by atoms with Gasteiger partial charge in [-0.1, -0.05) is 13.8 Å². The first-order chi connectivity index (χ1) is 12.5. The summed E-state index contributed by atoms with van der Waals surface area (Å²) in [6.07, 6.45) is 5.16. The Balaban J connectivity index is 1.72. The van der Waals surface area contributed by atoms with Gasteiger partial charge >= 0.3 is 0 Å². The molecule has 26 heavy (non-hydrogen) atoms. The molecule has 0 aromatic carbocycles. The van der Waals surface area contributed by atoms with E-state index >= 15 is 0 Å². The SMILES string of the molecule is CCNC(=NCCN1CCN(C(C)=O)CC1)NC1CCC(C(C)C)CC1. The summed E-state index contributed by atoms with van der Waals surface area (Å²) in [6.45, 7) is 14.7. The highest BCUT2D eigenvalue weighted by Crippen LogP contribution is 2.29. The van der Waals surface area contributed by atoms with Crippen molar-refractivity contribution in [2.75, 3.05) is 45.8 Å². The first kappa shape index (κ1) is 21.0. The minimum atomic E-state index is 0.188. The smallest absolute Gasteiger partial charge is 0.219 e. The van der Waals surface area contributed by atoms with Gasteiger partial charge in [-0.25, -0.2) is 0 Å². The molecule has 1 saturated carbocycles. The number of carbonyl (C=O) groups is 1. The van der Waals surface area contributed by atoms with E-state index in [0.29, 0.717) is 6.04 Å². The van der Waals surface area contributed by atoms with Crippen molar-refractivity contribution in [3.8, 4) is 0 Å². The average Bonchev–Trinajstić information content (AvgIpc) is 2.62. The van der Waals surface area contributed by atoms with Crippen LogP contribution in [0.3, 0.4) is 0 Å². The van der Waals surface area contributed by atoms with Crippen LogP contribution < -0.4 is 10.6 Å². The van der Waals surface area contributed by atoms with Crippen LogP contribution in [0.2, 0.25) is 0 Å². The van der Waals surface area contributed by atoms with E-state index < -0.39 is 0 Å². The normalized spacial score (nSPS) is 25.4. The van der Waals surface area contributed by atoms with Crippen LogP contribution in [0.1, 0.15) is 53.4 Å². The Labute approximate surface area is 159 Å². The van der Waals surface area contributed by atoms with Gasteiger partial charge in [-0.3, -0.25) is 14.7 Å². The van der Waals surface area contributed by atoms with Crippen molar-refractivity contribution in [1.82, 2.24) is 20.4 Å². The summed E-state index contributed by atoms with van der Waals surface area (Å²) in [4.78, 5) is 20.5. The molecule has 0 bridgehead atoms. The molecular weight excluding hydrogens is 326 g/mol. The van der Waals surface area contributed by atoms with Crippen molar-refractivity contribution in [3.05, 3.63) is 0 Å². The molecular formula is C20H39N5O. The highest BCUT2D eigenvalue weighted by molar-refractivity contribution is 5.80. The van der Waals surface area contributed by atoms with E-state index in [0.717, 1.165) is 63.6 Å². The predicted molar refractivity (Wildman–Crippen MR) is 108 cm³/mol. The highest BCUT2D eigenvalue weighted by atomic mass is 16.2. The fourth-order valence-electron chi connectivity index (χ4n) is 4.03. The summed E-state index contributed by atoms with van der Waals surface area (Å²) in [7, 11) is 0. The molecule has 1 saturated heterocycles. The molecule has 2 fully saturated rings. The minimum Gasteiger partial charge on any atom is -0.357 e. The van der Waals surface area contributed by atoms with Crippen molar-refractivity contribution in [2.45, 2.75) is 59.4 Å². The average molecular weight is 366 g/mol. The molecule has 0 radical (unpaired) electrons. The summed E-state index contributed by atoms with van der Waals surface area (Å²) < 4.78 is 0. The topological polar surface area (TPSA) is 60.0 Å². The van der Waals surface area contributed by atoms with Crippen molar-refractivity contribution in [3.63, 3.8) is 0 Å². The molecule has 0 spiro atoms. The maximum Gasteiger partial charge on any atom is 0.219 e. The van der Waals surface area contributed by atoms with Crippen molar-refractivity contribution >= 4 is 11.9 Å². The molecule has 2 N–H and O–H groups in total. The Morgan fingerprint density at radius 1 is 1.12 bits per heavy atom. The van der Waals surface area contributed by atoms with Crippen LogP contribution in [0.25, 0.3) is 0 Å². The number of rotatable bonds is 6. The highest BCUT2D eigenvalue weighted by Gasteiger charge is 2.23. The van der Waals surface area contributed by atoms with Crippen molar-refractivity contribution in [1.29, 1.82) is 0 Å². The van der Waals surface area contributed by atoms with E-state index in [2.05, 4.69) is 36.3 Å². The van der Waals surface area contributed by atoms with E-state index in [-0.39, 0.29) is 5.91 Å². The number of nitrogens with zero attached hydrogens (tertiary/aromatic N) is 3. The van der Waals surface area contributed by atoms with E-state index in [1.54, 1.807) is 6.92 Å². The fraction of sp³-hybridized carbons (Fsp3) is 0.900. The molecule has 1 aliphatic heterocycles. The zero-order chi connectivity index (χ0) is 18.9. The molecule has 2 aliphatic rings. The summed E-state index contributed by atoms with van der Waals surface area (Å²) in [5.41, 5.74) is 0. The lowest BCUT2D eigenvalue weighted by atomic mass is 9.80. The first-order valence-electron chi connectivity index (χ1n) is 10.5. The van der Waals surface area contributed by atoms with Gasteiger partial charge in [0.1, 0.15) is 0 Å². The standard InChI is InChI=1S/C20H39N5O/c1-5-21-20(23-19-8-6-18(7-9-19)16(2)3)22-10-11-24-12-14-25(15-13-24)17(4)26/h16,18-19H,5-15H2,1-4H3,(H2,21,22,23). The van der Waals surface area contributed by atoms with Crippen LogP contribution in [-0.4, -0.2) is 73.5 Å². The summed E-state index contributed by atoms with van der Waals surface area (Å²) in [5, 5.41) is 7.03. The summed E-state index contributed by atoms with van der Waals surface area (Å²) in [6, 6.07) is 0.557. The lowest BCUT2D eigenvalue weighted by molar-refractivity contribution is -0.130. The first-order valence-corrected chi connectivity index (χ1v) is 10.5. The van der Waals surface area contributed by atoms with Gasteiger partial charge in [0.2, 0.25) is 5.91 Å². The Hall–Kier alpha value is -1.30. The third-order valence-electron chi connectivity index (χ3n) is 5.90. The Morgan fingerprint density at radius 3 is 2.31 bits per heavy atom. The van der Waals surface area contributed by atoms with Gasteiger partial charge in [-0.2, -0.15) is 0 Å². The molecule has 0 atom stereocenters. The molecule has 0 aromatic heterocycles. The van der Waals surface area contributed by atoms with E-state index in [1.165, 1.54) is 25.7 Å². The van der Waals surface area contributed by atoms with Gasteiger partial charge in [0, 0.05) is 52.2 Å². The molecule has 2 rings (SSSR count). The number of nitrogens with one attached hydrogen (secondary N) is 2. The molecule has 1 heterocycles. The van der Waals surface area contributed by atoms with E-state index in [9.17, 15) is 4.79 Å². The van der Waals surface area contributed by atoms with Gasteiger partial charge < -0.3 is 15.5 Å². The number of hydrogen-bond donors (Lipinski definition) is 2. The number of hydrogen-bond acceptors (Lipinski definition) is 3. The van der Waals surface area contributed by atoms with E-state index in [4.69, 9.17) is 4.99 Å².